The van der Waals surface area contributed by atoms with Crippen LogP contribution in [0.3, 0.4) is 0 Å². The van der Waals surface area contributed by atoms with Crippen molar-refractivity contribution in [3.05, 3.63) is 89.2 Å². The number of carbonyl (C=O) groups excluding carboxylic acids is 1. The van der Waals surface area contributed by atoms with E-state index in [1.54, 1.807) is 36.5 Å². The molecular formula is C24H22ClN5O2. The number of anilines is 1. The zero-order valence-corrected chi connectivity index (χ0v) is 18.5. The first-order chi connectivity index (χ1) is 15.5. The predicted molar refractivity (Wildman–Crippen MR) is 124 cm³/mol. The van der Waals surface area contributed by atoms with E-state index in [2.05, 4.69) is 20.3 Å². The van der Waals surface area contributed by atoms with Crippen LogP contribution in [-0.4, -0.2) is 25.4 Å². The zero-order chi connectivity index (χ0) is 22.5. The summed E-state index contributed by atoms with van der Waals surface area (Å²) in [6, 6.07) is 16.4. The summed E-state index contributed by atoms with van der Waals surface area (Å²) >= 11 is 5.99. The van der Waals surface area contributed by atoms with Crippen molar-refractivity contribution in [2.45, 2.75) is 26.7 Å². The SMILES string of the molecule is Cc1nc(Oc2ccc(NC(=O)CCc3cccc(Cl)c3)cc2)cc(-n2ccnc2C)n1. The lowest BCUT2D eigenvalue weighted by Gasteiger charge is -2.10. The summed E-state index contributed by atoms with van der Waals surface area (Å²) in [6.07, 6.45) is 4.55. The molecule has 0 aliphatic heterocycles. The fourth-order valence-electron chi connectivity index (χ4n) is 3.22. The van der Waals surface area contributed by atoms with Gasteiger partial charge in [-0.3, -0.25) is 9.36 Å². The number of nitrogens with zero attached hydrogens (tertiary/aromatic N) is 4. The van der Waals surface area contributed by atoms with Crippen LogP contribution < -0.4 is 10.1 Å². The van der Waals surface area contributed by atoms with Crippen molar-refractivity contribution < 1.29 is 9.53 Å². The number of aryl methyl sites for hydroxylation is 3. The monoisotopic (exact) mass is 447 g/mol. The van der Waals surface area contributed by atoms with Crippen LogP contribution in [0.4, 0.5) is 5.69 Å². The molecule has 2 aromatic carbocycles. The van der Waals surface area contributed by atoms with Crippen molar-refractivity contribution in [2.75, 3.05) is 5.32 Å². The third kappa shape index (κ3) is 5.50. The van der Waals surface area contributed by atoms with Crippen LogP contribution in [0, 0.1) is 13.8 Å². The van der Waals surface area contributed by atoms with Gasteiger partial charge in [0.2, 0.25) is 11.8 Å². The molecule has 2 aromatic heterocycles. The maximum Gasteiger partial charge on any atom is 0.224 e. The number of halogens is 1. The Hall–Kier alpha value is -3.71. The molecule has 1 amide bonds. The second-order valence-electron chi connectivity index (χ2n) is 7.26. The molecule has 4 rings (SSSR count). The van der Waals surface area contributed by atoms with Gasteiger partial charge in [-0.15, -0.1) is 0 Å². The molecule has 0 bridgehead atoms. The lowest BCUT2D eigenvalue weighted by atomic mass is 10.1. The summed E-state index contributed by atoms with van der Waals surface area (Å²) < 4.78 is 7.77. The summed E-state index contributed by atoms with van der Waals surface area (Å²) in [5.74, 6) is 3.07. The Balaban J connectivity index is 1.37. The van der Waals surface area contributed by atoms with Crippen molar-refractivity contribution in [1.82, 2.24) is 19.5 Å². The van der Waals surface area contributed by atoms with E-state index in [-0.39, 0.29) is 5.91 Å². The van der Waals surface area contributed by atoms with E-state index in [1.165, 1.54) is 0 Å². The molecule has 0 aliphatic carbocycles. The second kappa shape index (κ2) is 9.62. The number of nitrogens with one attached hydrogen (secondary N) is 1. The highest BCUT2D eigenvalue weighted by atomic mass is 35.5. The van der Waals surface area contributed by atoms with Gasteiger partial charge in [-0.1, -0.05) is 23.7 Å². The molecule has 7 nitrogen and oxygen atoms in total. The van der Waals surface area contributed by atoms with Gasteiger partial charge in [-0.2, -0.15) is 4.98 Å². The van der Waals surface area contributed by atoms with Gasteiger partial charge in [-0.05, 0) is 62.2 Å². The third-order valence-electron chi connectivity index (χ3n) is 4.76. The first kappa shape index (κ1) is 21.5. The summed E-state index contributed by atoms with van der Waals surface area (Å²) in [5, 5.41) is 3.57. The summed E-state index contributed by atoms with van der Waals surface area (Å²) in [6.45, 7) is 3.71. The molecule has 2 heterocycles. The standard InChI is InChI=1S/C24H22ClN5O2/c1-16-27-22(30-13-12-26-17(30)2)15-24(28-16)32-21-9-7-20(8-10-21)29-23(31)11-6-18-4-3-5-19(25)14-18/h3-5,7-10,12-15H,6,11H2,1-2H3,(H,29,31). The highest BCUT2D eigenvalue weighted by Crippen LogP contribution is 2.23. The Kier molecular flexibility index (Phi) is 6.47. The van der Waals surface area contributed by atoms with E-state index in [4.69, 9.17) is 16.3 Å². The first-order valence-electron chi connectivity index (χ1n) is 10.1. The van der Waals surface area contributed by atoms with Gasteiger partial charge < -0.3 is 10.1 Å². The molecule has 0 aliphatic rings. The minimum Gasteiger partial charge on any atom is -0.439 e. The van der Waals surface area contributed by atoms with Crippen LogP contribution in [0.25, 0.3) is 5.82 Å². The van der Waals surface area contributed by atoms with Crippen LogP contribution in [0.2, 0.25) is 5.02 Å². The number of amides is 1. The van der Waals surface area contributed by atoms with Gasteiger partial charge in [-0.25, -0.2) is 9.97 Å². The minimum atomic E-state index is -0.0644. The van der Waals surface area contributed by atoms with Gasteiger partial charge in [0.05, 0.1) is 0 Å². The van der Waals surface area contributed by atoms with Gasteiger partial charge in [0.25, 0.3) is 0 Å². The lowest BCUT2D eigenvalue weighted by molar-refractivity contribution is -0.116. The van der Waals surface area contributed by atoms with E-state index in [1.807, 2.05) is 48.9 Å². The average Bonchev–Trinajstić information content (AvgIpc) is 3.19. The number of hydrogen-bond acceptors (Lipinski definition) is 5. The van der Waals surface area contributed by atoms with Gasteiger partial charge in [0.1, 0.15) is 23.2 Å². The molecule has 4 aromatic rings. The van der Waals surface area contributed by atoms with E-state index in [0.717, 1.165) is 11.4 Å². The minimum absolute atomic E-state index is 0.0644. The van der Waals surface area contributed by atoms with Crippen LogP contribution >= 0.6 is 11.6 Å². The molecular weight excluding hydrogens is 426 g/mol. The number of hydrogen-bond donors (Lipinski definition) is 1. The largest absolute Gasteiger partial charge is 0.439 e. The number of rotatable bonds is 7. The Morgan fingerprint density at radius 1 is 1.09 bits per heavy atom. The second-order valence-corrected chi connectivity index (χ2v) is 7.70. The molecule has 0 spiro atoms. The number of aromatic nitrogens is 4. The normalized spacial score (nSPS) is 10.7. The van der Waals surface area contributed by atoms with Crippen molar-refractivity contribution >= 4 is 23.2 Å². The zero-order valence-electron chi connectivity index (χ0n) is 17.7. The van der Waals surface area contributed by atoms with Crippen molar-refractivity contribution in [2.24, 2.45) is 0 Å². The van der Waals surface area contributed by atoms with E-state index < -0.39 is 0 Å². The Morgan fingerprint density at radius 2 is 1.91 bits per heavy atom. The van der Waals surface area contributed by atoms with Gasteiger partial charge in [0.15, 0.2) is 0 Å². The van der Waals surface area contributed by atoms with Crippen LogP contribution in [-0.2, 0) is 11.2 Å². The smallest absolute Gasteiger partial charge is 0.224 e. The maximum absolute atomic E-state index is 12.3. The quantitative estimate of drug-likeness (QED) is 0.416. The Labute approximate surface area is 191 Å². The van der Waals surface area contributed by atoms with Crippen molar-refractivity contribution in [1.29, 1.82) is 0 Å². The predicted octanol–water partition coefficient (Wildman–Crippen LogP) is 5.30. The van der Waals surface area contributed by atoms with Crippen LogP contribution in [0.5, 0.6) is 11.6 Å². The molecule has 0 fully saturated rings. The third-order valence-corrected chi connectivity index (χ3v) is 5.00. The van der Waals surface area contributed by atoms with Crippen molar-refractivity contribution in [3.8, 4) is 17.4 Å². The topological polar surface area (TPSA) is 81.9 Å². The van der Waals surface area contributed by atoms with E-state index >= 15 is 0 Å². The van der Waals surface area contributed by atoms with E-state index in [9.17, 15) is 4.79 Å². The number of benzene rings is 2. The molecule has 1 N–H and O–H groups in total. The van der Waals surface area contributed by atoms with E-state index in [0.29, 0.717) is 46.8 Å². The Bertz CT molecular complexity index is 1240. The molecule has 8 heteroatoms. The highest BCUT2D eigenvalue weighted by Gasteiger charge is 2.09. The Morgan fingerprint density at radius 3 is 2.62 bits per heavy atom. The maximum atomic E-state index is 12.3. The molecule has 0 saturated heterocycles. The summed E-state index contributed by atoms with van der Waals surface area (Å²) in [5.41, 5.74) is 1.73. The molecule has 32 heavy (non-hydrogen) atoms. The van der Waals surface area contributed by atoms with Gasteiger partial charge in [0, 0.05) is 35.6 Å². The first-order valence-corrected chi connectivity index (χ1v) is 10.5. The average molecular weight is 448 g/mol. The fraction of sp³-hybridized carbons (Fsp3) is 0.167. The number of carbonyl (C=O) groups is 1. The molecule has 0 saturated carbocycles. The summed E-state index contributed by atoms with van der Waals surface area (Å²) in [7, 11) is 0. The summed E-state index contributed by atoms with van der Waals surface area (Å²) in [4.78, 5) is 25.3. The molecule has 0 atom stereocenters. The van der Waals surface area contributed by atoms with Crippen molar-refractivity contribution in [3.63, 3.8) is 0 Å². The molecule has 0 unspecified atom stereocenters. The number of ether oxygens (including phenoxy) is 1. The number of imidazole rings is 1. The fourth-order valence-corrected chi connectivity index (χ4v) is 3.43. The lowest BCUT2D eigenvalue weighted by Crippen LogP contribution is -2.12. The van der Waals surface area contributed by atoms with Crippen LogP contribution in [0.15, 0.2) is 67.0 Å². The molecule has 162 valence electrons. The molecule has 0 radical (unpaired) electrons. The van der Waals surface area contributed by atoms with Gasteiger partial charge >= 0.3 is 0 Å². The highest BCUT2D eigenvalue weighted by molar-refractivity contribution is 6.30. The van der Waals surface area contributed by atoms with Crippen LogP contribution in [0.1, 0.15) is 23.6 Å².